The quantitative estimate of drug-likeness (QED) is 0.260. The third-order valence-corrected chi connectivity index (χ3v) is 13.3. The number of methoxy groups -OCH3 is 1. The van der Waals surface area contributed by atoms with Gasteiger partial charge in [-0.3, -0.25) is 4.79 Å². The van der Waals surface area contributed by atoms with E-state index in [2.05, 4.69) is 32.8 Å². The molecule has 2 aliphatic carbocycles. The lowest BCUT2D eigenvalue weighted by Gasteiger charge is -2.46. The van der Waals surface area contributed by atoms with Crippen molar-refractivity contribution in [2.24, 2.45) is 28.0 Å². The van der Waals surface area contributed by atoms with Crippen molar-refractivity contribution in [2.45, 2.75) is 75.2 Å². The van der Waals surface area contributed by atoms with Crippen LogP contribution < -0.4 is 15.0 Å². The lowest BCUT2D eigenvalue weighted by Crippen LogP contribution is -2.56. The second-order valence-corrected chi connectivity index (χ2v) is 16.7. The standard InChI is InChI=1S/C38H46ClF2N4O5S/c1-23-5-3-7-32(49-2)29-11-8-27(29)20-45-21-38(14-4-6-25-16-28(39)10-12-30(25)38)22-50-33-13-9-26(17-31(33)45)35(46)43-51(48)36(23)42-37(47)44-18-24(19-44)15-34(40)41/h3,7,9-10,12-13,16-17,23-24,27,29,32,34,36H,4-6,8,11,14-15,18-22H2,1-2H3,(H,42,47)/q-1/b7-3+/t23-,27-,29+,32-,36?,38-/m0/s1. The van der Waals surface area contributed by atoms with Crippen molar-refractivity contribution in [3.05, 3.63) is 70.3 Å². The molecule has 13 heteroatoms. The number of carbonyl (C=O) groups excluding carboxylic acids is 2. The van der Waals surface area contributed by atoms with Gasteiger partial charge in [0.25, 0.3) is 5.91 Å². The molecule has 3 amide bonds. The van der Waals surface area contributed by atoms with Gasteiger partial charge in [0.05, 0.1) is 18.4 Å². The highest BCUT2D eigenvalue weighted by atomic mass is 35.5. The zero-order valence-corrected chi connectivity index (χ0v) is 30.6. The molecule has 1 unspecified atom stereocenters. The first-order valence-corrected chi connectivity index (χ1v) is 19.6. The molecule has 1 saturated carbocycles. The van der Waals surface area contributed by atoms with Crippen LogP contribution in [0.25, 0.3) is 0 Å². The maximum atomic E-state index is 13.8. The van der Waals surface area contributed by atoms with Gasteiger partial charge >= 0.3 is 6.03 Å². The maximum absolute atomic E-state index is 13.8. The molecule has 9 nitrogen and oxygen atoms in total. The molecule has 7 rings (SSSR count). The van der Waals surface area contributed by atoms with E-state index in [-0.39, 0.29) is 54.3 Å². The Morgan fingerprint density at radius 1 is 1.20 bits per heavy atom. The van der Waals surface area contributed by atoms with Crippen LogP contribution in [0.4, 0.5) is 19.3 Å². The van der Waals surface area contributed by atoms with E-state index in [0.29, 0.717) is 31.2 Å². The van der Waals surface area contributed by atoms with E-state index in [1.165, 1.54) is 16.0 Å². The molecule has 276 valence electrons. The van der Waals surface area contributed by atoms with Crippen molar-refractivity contribution in [2.75, 3.05) is 44.8 Å². The number of hydrogen-bond acceptors (Lipinski definition) is 7. The summed E-state index contributed by atoms with van der Waals surface area (Å²) in [5.74, 6) is 0.0311. The van der Waals surface area contributed by atoms with Crippen molar-refractivity contribution in [1.82, 2.24) is 10.2 Å². The van der Waals surface area contributed by atoms with Crippen molar-refractivity contribution in [1.29, 1.82) is 0 Å². The highest BCUT2D eigenvalue weighted by molar-refractivity contribution is 7.75. The van der Waals surface area contributed by atoms with E-state index < -0.39 is 34.3 Å². The van der Waals surface area contributed by atoms with Crippen molar-refractivity contribution in [3.63, 3.8) is 0 Å². The number of fused-ring (bicyclic) bond motifs is 4. The third-order valence-electron chi connectivity index (χ3n) is 11.7. The summed E-state index contributed by atoms with van der Waals surface area (Å²) < 4.78 is 56.3. The Hall–Kier alpha value is -3.22. The van der Waals surface area contributed by atoms with Gasteiger partial charge in [0.15, 0.2) is 0 Å². The zero-order chi connectivity index (χ0) is 35.9. The Balaban J connectivity index is 1.22. The molecule has 5 aliphatic rings. The average molecular weight is 744 g/mol. The third kappa shape index (κ3) is 7.51. The Morgan fingerprint density at radius 3 is 2.76 bits per heavy atom. The average Bonchev–Trinajstić information content (AvgIpc) is 3.22. The molecule has 3 aliphatic heterocycles. The van der Waals surface area contributed by atoms with Crippen LogP contribution in [0, 0.1) is 23.7 Å². The first-order valence-electron chi connectivity index (χ1n) is 18.0. The van der Waals surface area contributed by atoms with E-state index in [0.717, 1.165) is 49.4 Å². The van der Waals surface area contributed by atoms with Crippen molar-refractivity contribution >= 4 is 39.8 Å². The van der Waals surface area contributed by atoms with Crippen LogP contribution in [-0.2, 0) is 31.4 Å². The molecule has 2 bridgehead atoms. The predicted molar refractivity (Wildman–Crippen MR) is 193 cm³/mol. The van der Waals surface area contributed by atoms with Gasteiger partial charge in [-0.2, -0.15) is 10.6 Å². The van der Waals surface area contributed by atoms with Crippen LogP contribution in [0.1, 0.15) is 66.9 Å². The first kappa shape index (κ1) is 36.2. The van der Waals surface area contributed by atoms with Crippen LogP contribution in [0.5, 0.6) is 5.75 Å². The Bertz CT molecular complexity index is 1770. The minimum absolute atomic E-state index is 0.123. The maximum Gasteiger partial charge on any atom is 0.316 e. The van der Waals surface area contributed by atoms with E-state index >= 15 is 0 Å². The van der Waals surface area contributed by atoms with Crippen molar-refractivity contribution < 1.29 is 32.1 Å². The van der Waals surface area contributed by atoms with Gasteiger partial charge in [-0.15, -0.1) is 0 Å². The number of alkyl halides is 2. The molecule has 0 radical (unpaired) electrons. The number of carbonyl (C=O) groups is 2. The summed E-state index contributed by atoms with van der Waals surface area (Å²) in [6.07, 6.45) is 6.72. The first-order chi connectivity index (χ1) is 24.5. The monoisotopic (exact) mass is 743 g/mol. The van der Waals surface area contributed by atoms with Crippen LogP contribution in [-0.4, -0.2) is 74.6 Å². The number of ether oxygens (including phenoxy) is 2. The summed E-state index contributed by atoms with van der Waals surface area (Å²) in [6.45, 7) is 4.21. The van der Waals surface area contributed by atoms with Gasteiger partial charge in [-0.1, -0.05) is 36.7 Å². The molecular formula is C38H46ClF2N4O5S-. The number of urea groups is 1. The number of halogens is 3. The Kier molecular flexibility index (Phi) is 10.7. The summed E-state index contributed by atoms with van der Waals surface area (Å²) >= 11 is 6.43. The number of rotatable bonds is 4. The predicted octanol–water partition coefficient (Wildman–Crippen LogP) is 7.36. The van der Waals surface area contributed by atoms with Gasteiger partial charge in [0.1, 0.15) is 5.75 Å². The molecule has 2 aromatic carbocycles. The van der Waals surface area contributed by atoms with Gasteiger partial charge in [0.2, 0.25) is 6.43 Å². The molecular weight excluding hydrogens is 698 g/mol. The minimum Gasteiger partial charge on any atom is -0.490 e. The topological polar surface area (TPSA) is 101 Å². The smallest absolute Gasteiger partial charge is 0.316 e. The largest absolute Gasteiger partial charge is 0.490 e. The van der Waals surface area contributed by atoms with Crippen LogP contribution in [0.15, 0.2) is 52.9 Å². The van der Waals surface area contributed by atoms with E-state index in [9.17, 15) is 22.6 Å². The lowest BCUT2D eigenvalue weighted by atomic mass is 9.68. The molecule has 2 aromatic rings. The molecule has 3 heterocycles. The summed E-state index contributed by atoms with van der Waals surface area (Å²) in [5.41, 5.74) is 3.32. The molecule has 2 fully saturated rings. The summed E-state index contributed by atoms with van der Waals surface area (Å²) in [7, 11) is -0.405. The fourth-order valence-electron chi connectivity index (χ4n) is 8.66. The van der Waals surface area contributed by atoms with Crippen molar-refractivity contribution in [3.8, 4) is 5.75 Å². The highest BCUT2D eigenvalue weighted by Gasteiger charge is 2.44. The number of benzene rings is 2. The number of aryl methyl sites for hydroxylation is 1. The number of nitrogens with zero attached hydrogens (tertiary/aromatic N) is 3. The number of hydrogen-bond donors (Lipinski definition) is 1. The minimum atomic E-state index is -2.43. The normalized spacial score (nSPS) is 30.6. The van der Waals surface area contributed by atoms with E-state index in [1.807, 2.05) is 25.1 Å². The SMILES string of the molecule is CO[C@H]1/C=C/C[C@H](C)C(NC(=O)N2CC(CC(F)F)C2)[S-](=O)=NC(=O)c2ccc3c(c2)N(C[C@@H]2CC[C@H]21)C[C@@]1(CCCc2cc(Cl)ccc21)CO3. The number of likely N-dealkylation sites (tertiary alicyclic amines) is 1. The highest BCUT2D eigenvalue weighted by Crippen LogP contribution is 2.47. The molecule has 0 aromatic heterocycles. The Morgan fingerprint density at radius 2 is 2.02 bits per heavy atom. The molecule has 51 heavy (non-hydrogen) atoms. The lowest BCUT2D eigenvalue weighted by molar-refractivity contribution is 0.0131. The molecule has 6 atom stereocenters. The number of anilines is 1. The Labute approximate surface area is 305 Å². The van der Waals surface area contributed by atoms with E-state index in [1.54, 1.807) is 19.2 Å². The fourth-order valence-corrected chi connectivity index (χ4v) is 9.95. The molecule has 1 N–H and O–H groups in total. The summed E-state index contributed by atoms with van der Waals surface area (Å²) in [5, 5.41) is 2.56. The van der Waals surface area contributed by atoms with Crippen LogP contribution >= 0.6 is 11.6 Å². The van der Waals surface area contributed by atoms with Gasteiger partial charge in [0, 0.05) is 55.7 Å². The molecule has 1 saturated heterocycles. The van der Waals surface area contributed by atoms with Gasteiger partial charge in [-0.25, -0.2) is 13.6 Å². The fraction of sp³-hybridized carbons (Fsp3) is 0.579. The molecule has 1 spiro atoms. The summed E-state index contributed by atoms with van der Waals surface area (Å²) in [6, 6.07) is 10.9. The van der Waals surface area contributed by atoms with E-state index in [4.69, 9.17) is 21.1 Å². The van der Waals surface area contributed by atoms with Gasteiger partial charge < -0.3 is 33.2 Å². The number of nitrogens with one attached hydrogen (secondary N) is 1. The number of allylic oxidation sites excluding steroid dienone is 1. The summed E-state index contributed by atoms with van der Waals surface area (Å²) in [4.78, 5) is 30.7. The second-order valence-electron chi connectivity index (χ2n) is 15.1. The number of amides is 3. The van der Waals surface area contributed by atoms with Crippen LogP contribution in [0.3, 0.4) is 0 Å². The van der Waals surface area contributed by atoms with Crippen LogP contribution in [0.2, 0.25) is 5.02 Å². The zero-order valence-electron chi connectivity index (χ0n) is 29.1. The second kappa shape index (κ2) is 15.0. The van der Waals surface area contributed by atoms with Gasteiger partial charge in [-0.05, 0) is 109 Å².